The molecule has 1 aromatic carbocycles. The average molecular weight is 285 g/mol. The van der Waals surface area contributed by atoms with Gasteiger partial charge in [-0.05, 0) is 43.9 Å². The SMILES string of the molecule is CCc1ccc(CCC(=O)NCc2cc(C)oc2C)cc1. The molecule has 3 nitrogen and oxygen atoms in total. The van der Waals surface area contributed by atoms with Crippen LogP contribution < -0.4 is 5.32 Å². The lowest BCUT2D eigenvalue weighted by Crippen LogP contribution is -2.23. The number of carbonyl (C=O) groups excluding carboxylic acids is 1. The van der Waals surface area contributed by atoms with Gasteiger partial charge in [-0.15, -0.1) is 0 Å². The molecule has 0 spiro atoms. The van der Waals surface area contributed by atoms with Gasteiger partial charge < -0.3 is 9.73 Å². The molecule has 0 aliphatic rings. The second-order valence-electron chi connectivity index (χ2n) is 5.39. The molecule has 1 aromatic heterocycles. The molecule has 2 aromatic rings. The smallest absolute Gasteiger partial charge is 0.220 e. The first-order chi connectivity index (χ1) is 10.1. The summed E-state index contributed by atoms with van der Waals surface area (Å²) < 4.78 is 5.45. The van der Waals surface area contributed by atoms with E-state index in [1.807, 2.05) is 19.9 Å². The second kappa shape index (κ2) is 7.11. The van der Waals surface area contributed by atoms with E-state index in [1.165, 1.54) is 11.1 Å². The van der Waals surface area contributed by atoms with E-state index in [-0.39, 0.29) is 5.91 Å². The second-order valence-corrected chi connectivity index (χ2v) is 5.39. The molecule has 0 bridgehead atoms. The monoisotopic (exact) mass is 285 g/mol. The molecule has 112 valence electrons. The van der Waals surface area contributed by atoms with Gasteiger partial charge in [-0.1, -0.05) is 31.2 Å². The van der Waals surface area contributed by atoms with Crippen LogP contribution in [-0.2, 0) is 24.2 Å². The summed E-state index contributed by atoms with van der Waals surface area (Å²) in [4.78, 5) is 11.9. The van der Waals surface area contributed by atoms with Crippen LogP contribution in [0.3, 0.4) is 0 Å². The van der Waals surface area contributed by atoms with E-state index in [2.05, 4.69) is 36.5 Å². The van der Waals surface area contributed by atoms with Crippen LogP contribution in [0, 0.1) is 13.8 Å². The average Bonchev–Trinajstić information content (AvgIpc) is 2.81. The fourth-order valence-corrected chi connectivity index (χ4v) is 2.34. The number of hydrogen-bond donors (Lipinski definition) is 1. The molecule has 1 amide bonds. The van der Waals surface area contributed by atoms with Crippen molar-refractivity contribution < 1.29 is 9.21 Å². The van der Waals surface area contributed by atoms with E-state index in [9.17, 15) is 4.79 Å². The lowest BCUT2D eigenvalue weighted by atomic mass is 10.1. The zero-order valence-electron chi connectivity index (χ0n) is 13.0. The lowest BCUT2D eigenvalue weighted by Gasteiger charge is -2.05. The number of nitrogens with one attached hydrogen (secondary N) is 1. The van der Waals surface area contributed by atoms with Crippen molar-refractivity contribution in [3.05, 3.63) is 58.5 Å². The van der Waals surface area contributed by atoms with Crippen LogP contribution in [-0.4, -0.2) is 5.91 Å². The van der Waals surface area contributed by atoms with Gasteiger partial charge in [-0.25, -0.2) is 0 Å². The number of carbonyl (C=O) groups is 1. The largest absolute Gasteiger partial charge is 0.466 e. The first kappa shape index (κ1) is 15.4. The van der Waals surface area contributed by atoms with Crippen LogP contribution in [0.2, 0.25) is 0 Å². The Hall–Kier alpha value is -2.03. The molecule has 1 heterocycles. The van der Waals surface area contributed by atoms with Gasteiger partial charge in [-0.3, -0.25) is 4.79 Å². The van der Waals surface area contributed by atoms with Gasteiger partial charge in [0.25, 0.3) is 0 Å². The maximum atomic E-state index is 11.9. The topological polar surface area (TPSA) is 42.2 Å². The molecule has 21 heavy (non-hydrogen) atoms. The normalized spacial score (nSPS) is 10.6. The standard InChI is InChI=1S/C18H23NO2/c1-4-15-5-7-16(8-6-15)9-10-18(20)19-12-17-11-13(2)21-14(17)3/h5-8,11H,4,9-10,12H2,1-3H3,(H,19,20). The fourth-order valence-electron chi connectivity index (χ4n) is 2.34. The van der Waals surface area contributed by atoms with Crippen LogP contribution >= 0.6 is 0 Å². The molecule has 1 N–H and O–H groups in total. The molecule has 0 unspecified atom stereocenters. The Kier molecular flexibility index (Phi) is 5.20. The van der Waals surface area contributed by atoms with Crippen molar-refractivity contribution in [2.24, 2.45) is 0 Å². The molecule has 3 heteroatoms. The number of hydrogen-bond acceptors (Lipinski definition) is 2. The summed E-state index contributed by atoms with van der Waals surface area (Å²) in [5.41, 5.74) is 3.58. The molecular weight excluding hydrogens is 262 g/mol. The maximum absolute atomic E-state index is 11.9. The Morgan fingerprint density at radius 2 is 1.81 bits per heavy atom. The van der Waals surface area contributed by atoms with Crippen LogP contribution in [0.5, 0.6) is 0 Å². The van der Waals surface area contributed by atoms with Gasteiger partial charge in [0.15, 0.2) is 0 Å². The van der Waals surface area contributed by atoms with E-state index in [1.54, 1.807) is 0 Å². The minimum Gasteiger partial charge on any atom is -0.466 e. The zero-order chi connectivity index (χ0) is 15.2. The highest BCUT2D eigenvalue weighted by molar-refractivity contribution is 5.76. The predicted molar refractivity (Wildman–Crippen MR) is 84.2 cm³/mol. The Balaban J connectivity index is 1.78. The van der Waals surface area contributed by atoms with Crippen molar-refractivity contribution in [2.45, 2.75) is 46.6 Å². The summed E-state index contributed by atoms with van der Waals surface area (Å²) in [5, 5.41) is 2.95. The fraction of sp³-hybridized carbons (Fsp3) is 0.389. The van der Waals surface area contributed by atoms with Gasteiger partial charge >= 0.3 is 0 Å². The van der Waals surface area contributed by atoms with E-state index in [0.717, 1.165) is 29.9 Å². The van der Waals surface area contributed by atoms with Gasteiger partial charge in [0.05, 0.1) is 0 Å². The number of amides is 1. The highest BCUT2D eigenvalue weighted by Gasteiger charge is 2.07. The maximum Gasteiger partial charge on any atom is 0.220 e. The Morgan fingerprint density at radius 1 is 1.14 bits per heavy atom. The molecule has 0 aliphatic heterocycles. The Bertz CT molecular complexity index is 596. The van der Waals surface area contributed by atoms with Crippen LogP contribution in [0.25, 0.3) is 0 Å². The third-order valence-corrected chi connectivity index (χ3v) is 3.69. The quantitative estimate of drug-likeness (QED) is 0.879. The summed E-state index contributed by atoms with van der Waals surface area (Å²) in [6.45, 7) is 6.51. The number of aryl methyl sites for hydroxylation is 4. The number of rotatable bonds is 6. The third-order valence-electron chi connectivity index (χ3n) is 3.69. The summed E-state index contributed by atoms with van der Waals surface area (Å²) in [6.07, 6.45) is 2.34. The van der Waals surface area contributed by atoms with Crippen LogP contribution in [0.1, 0.15) is 41.6 Å². The van der Waals surface area contributed by atoms with Gasteiger partial charge in [0.1, 0.15) is 11.5 Å². The molecule has 0 saturated heterocycles. The lowest BCUT2D eigenvalue weighted by molar-refractivity contribution is -0.121. The molecule has 0 fully saturated rings. The Labute approximate surface area is 126 Å². The van der Waals surface area contributed by atoms with Crippen molar-refractivity contribution in [3.63, 3.8) is 0 Å². The molecule has 0 radical (unpaired) electrons. The summed E-state index contributed by atoms with van der Waals surface area (Å²) in [6, 6.07) is 10.4. The number of furan rings is 1. The van der Waals surface area contributed by atoms with Gasteiger partial charge in [-0.2, -0.15) is 0 Å². The van der Waals surface area contributed by atoms with E-state index >= 15 is 0 Å². The van der Waals surface area contributed by atoms with Crippen molar-refractivity contribution in [2.75, 3.05) is 0 Å². The van der Waals surface area contributed by atoms with Crippen LogP contribution in [0.15, 0.2) is 34.7 Å². The van der Waals surface area contributed by atoms with Crippen molar-refractivity contribution in [3.8, 4) is 0 Å². The third kappa shape index (κ3) is 4.48. The highest BCUT2D eigenvalue weighted by atomic mass is 16.3. The summed E-state index contributed by atoms with van der Waals surface area (Å²) in [7, 11) is 0. The minimum atomic E-state index is 0.0767. The zero-order valence-corrected chi connectivity index (χ0v) is 13.0. The van der Waals surface area contributed by atoms with Gasteiger partial charge in [0, 0.05) is 18.5 Å². The van der Waals surface area contributed by atoms with Crippen molar-refractivity contribution >= 4 is 5.91 Å². The molecule has 0 saturated carbocycles. The highest BCUT2D eigenvalue weighted by Crippen LogP contribution is 2.13. The molecular formula is C18H23NO2. The van der Waals surface area contributed by atoms with E-state index in [4.69, 9.17) is 4.42 Å². The minimum absolute atomic E-state index is 0.0767. The molecule has 0 aliphatic carbocycles. The van der Waals surface area contributed by atoms with Crippen LogP contribution in [0.4, 0.5) is 0 Å². The number of benzene rings is 1. The summed E-state index contributed by atoms with van der Waals surface area (Å²) >= 11 is 0. The molecule has 0 atom stereocenters. The molecule has 2 rings (SSSR count). The van der Waals surface area contributed by atoms with Gasteiger partial charge in [0.2, 0.25) is 5.91 Å². The van der Waals surface area contributed by atoms with E-state index < -0.39 is 0 Å². The van der Waals surface area contributed by atoms with Crippen molar-refractivity contribution in [1.82, 2.24) is 5.32 Å². The first-order valence-corrected chi connectivity index (χ1v) is 7.49. The van der Waals surface area contributed by atoms with Crippen molar-refractivity contribution in [1.29, 1.82) is 0 Å². The summed E-state index contributed by atoms with van der Waals surface area (Å²) in [5.74, 6) is 1.84. The Morgan fingerprint density at radius 3 is 2.38 bits per heavy atom. The first-order valence-electron chi connectivity index (χ1n) is 7.49. The predicted octanol–water partition coefficient (Wildman–Crippen LogP) is 3.71. The van der Waals surface area contributed by atoms with E-state index in [0.29, 0.717) is 13.0 Å².